The summed E-state index contributed by atoms with van der Waals surface area (Å²) in [5, 5.41) is 2.64. The van der Waals surface area contributed by atoms with Crippen LogP contribution in [0.25, 0.3) is 6.08 Å². The average molecular weight is 207 g/mol. The van der Waals surface area contributed by atoms with Gasteiger partial charge in [-0.2, -0.15) is 0 Å². The highest BCUT2D eigenvalue weighted by Crippen LogP contribution is 2.10. The van der Waals surface area contributed by atoms with E-state index in [0.29, 0.717) is 12.1 Å². The zero-order chi connectivity index (χ0) is 11.3. The highest BCUT2D eigenvalue weighted by molar-refractivity contribution is 5.73. The van der Waals surface area contributed by atoms with E-state index < -0.39 is 0 Å². The minimum atomic E-state index is -0.200. The van der Waals surface area contributed by atoms with Gasteiger partial charge in [0.05, 0.1) is 0 Å². The van der Waals surface area contributed by atoms with Crippen molar-refractivity contribution in [3.63, 3.8) is 0 Å². The van der Waals surface area contributed by atoms with E-state index in [9.17, 15) is 9.18 Å². The van der Waals surface area contributed by atoms with E-state index in [0.717, 1.165) is 5.56 Å². The first-order chi connectivity index (χ1) is 7.09. The van der Waals surface area contributed by atoms with Crippen LogP contribution in [0.4, 0.5) is 4.39 Å². The van der Waals surface area contributed by atoms with Crippen molar-refractivity contribution in [2.45, 2.75) is 13.8 Å². The van der Waals surface area contributed by atoms with Crippen LogP contribution in [0.3, 0.4) is 0 Å². The molecule has 15 heavy (non-hydrogen) atoms. The first-order valence-electron chi connectivity index (χ1n) is 4.76. The number of hydrogen-bond donors (Lipinski definition) is 1. The van der Waals surface area contributed by atoms with Gasteiger partial charge in [-0.3, -0.25) is 4.79 Å². The Labute approximate surface area is 88.8 Å². The summed E-state index contributed by atoms with van der Waals surface area (Å²) in [4.78, 5) is 10.6. The van der Waals surface area contributed by atoms with Crippen molar-refractivity contribution in [3.8, 4) is 0 Å². The van der Waals surface area contributed by atoms with Gasteiger partial charge in [-0.25, -0.2) is 4.39 Å². The fourth-order valence-electron chi connectivity index (χ4n) is 1.17. The maximum atomic E-state index is 12.9. The van der Waals surface area contributed by atoms with Crippen LogP contribution < -0.4 is 5.32 Å². The van der Waals surface area contributed by atoms with Crippen molar-refractivity contribution in [2.75, 3.05) is 6.54 Å². The fraction of sp³-hybridized carbons (Fsp3) is 0.250. The summed E-state index contributed by atoms with van der Waals surface area (Å²) in [7, 11) is 0. The van der Waals surface area contributed by atoms with E-state index in [1.165, 1.54) is 13.0 Å². The molecule has 0 atom stereocenters. The molecule has 0 unspecified atom stereocenters. The summed E-state index contributed by atoms with van der Waals surface area (Å²) in [5.41, 5.74) is 1.55. The van der Waals surface area contributed by atoms with Crippen LogP contribution in [0.15, 0.2) is 24.3 Å². The number of benzene rings is 1. The lowest BCUT2D eigenvalue weighted by Crippen LogP contribution is -2.19. The number of nitrogens with one attached hydrogen (secondary N) is 1. The summed E-state index contributed by atoms with van der Waals surface area (Å²) in [6, 6.07) is 4.90. The molecule has 0 aliphatic rings. The number of carbonyl (C=O) groups excluding carboxylic acids is 1. The molecule has 0 spiro atoms. The molecule has 0 radical (unpaired) electrons. The molecule has 0 saturated carbocycles. The summed E-state index contributed by atoms with van der Waals surface area (Å²) < 4.78 is 12.9. The van der Waals surface area contributed by atoms with Crippen molar-refractivity contribution in [2.24, 2.45) is 0 Å². The fourth-order valence-corrected chi connectivity index (χ4v) is 1.17. The maximum Gasteiger partial charge on any atom is 0.217 e. The quantitative estimate of drug-likeness (QED) is 0.809. The topological polar surface area (TPSA) is 29.1 Å². The molecule has 1 aromatic carbocycles. The number of rotatable bonds is 3. The molecule has 0 aliphatic carbocycles. The van der Waals surface area contributed by atoms with E-state index in [2.05, 4.69) is 5.32 Å². The lowest BCUT2D eigenvalue weighted by atomic mass is 10.1. The van der Waals surface area contributed by atoms with Gasteiger partial charge in [0.25, 0.3) is 0 Å². The lowest BCUT2D eigenvalue weighted by molar-refractivity contribution is -0.118. The minimum Gasteiger partial charge on any atom is -0.353 e. The predicted octanol–water partition coefficient (Wildman–Crippen LogP) is 2.28. The number of aryl methyl sites for hydroxylation is 1. The Morgan fingerprint density at radius 1 is 1.53 bits per heavy atom. The number of hydrogen-bond acceptors (Lipinski definition) is 1. The Morgan fingerprint density at radius 2 is 2.27 bits per heavy atom. The second-order valence-corrected chi connectivity index (χ2v) is 3.35. The first-order valence-corrected chi connectivity index (χ1v) is 4.76. The molecule has 1 N–H and O–H groups in total. The van der Waals surface area contributed by atoms with Gasteiger partial charge < -0.3 is 5.32 Å². The third-order valence-electron chi connectivity index (χ3n) is 1.96. The average Bonchev–Trinajstić information content (AvgIpc) is 2.18. The first kappa shape index (κ1) is 11.4. The molecule has 2 nitrogen and oxygen atoms in total. The Kier molecular flexibility index (Phi) is 4.03. The lowest BCUT2D eigenvalue weighted by Gasteiger charge is -1.98. The standard InChI is InChI=1S/C12H14FNO/c1-9-8-11(5-6-12(9)13)4-3-7-14-10(2)15/h3-6,8H,7H2,1-2H3,(H,14,15). The third-order valence-corrected chi connectivity index (χ3v) is 1.96. The molecule has 0 bridgehead atoms. The van der Waals surface area contributed by atoms with Crippen LogP contribution in [-0.4, -0.2) is 12.5 Å². The van der Waals surface area contributed by atoms with E-state index >= 15 is 0 Å². The van der Waals surface area contributed by atoms with Gasteiger partial charge in [0, 0.05) is 13.5 Å². The van der Waals surface area contributed by atoms with E-state index in [1.54, 1.807) is 19.1 Å². The third kappa shape index (κ3) is 3.94. The summed E-state index contributed by atoms with van der Waals surface area (Å²) in [6.07, 6.45) is 3.68. The Hall–Kier alpha value is -1.64. The van der Waals surface area contributed by atoms with Crippen LogP contribution in [0.2, 0.25) is 0 Å². The molecular weight excluding hydrogens is 193 g/mol. The predicted molar refractivity (Wildman–Crippen MR) is 58.9 cm³/mol. The molecule has 0 aliphatic heterocycles. The van der Waals surface area contributed by atoms with Crippen LogP contribution in [0.1, 0.15) is 18.1 Å². The highest BCUT2D eigenvalue weighted by Gasteiger charge is 1.95. The van der Waals surface area contributed by atoms with E-state index in [-0.39, 0.29) is 11.7 Å². The second-order valence-electron chi connectivity index (χ2n) is 3.35. The summed E-state index contributed by atoms with van der Waals surface area (Å²) in [5.74, 6) is -0.260. The minimum absolute atomic E-state index is 0.0602. The van der Waals surface area contributed by atoms with Crippen molar-refractivity contribution < 1.29 is 9.18 Å². The van der Waals surface area contributed by atoms with E-state index in [4.69, 9.17) is 0 Å². The molecule has 3 heteroatoms. The molecule has 1 aromatic rings. The molecule has 0 saturated heterocycles. The van der Waals surface area contributed by atoms with Crippen molar-refractivity contribution >= 4 is 12.0 Å². The molecule has 80 valence electrons. The van der Waals surface area contributed by atoms with Crippen LogP contribution in [0, 0.1) is 12.7 Å². The van der Waals surface area contributed by atoms with Gasteiger partial charge in [0.1, 0.15) is 5.82 Å². The van der Waals surface area contributed by atoms with Gasteiger partial charge in [-0.1, -0.05) is 18.2 Å². The zero-order valence-electron chi connectivity index (χ0n) is 8.88. The van der Waals surface area contributed by atoms with Crippen LogP contribution >= 0.6 is 0 Å². The number of amides is 1. The van der Waals surface area contributed by atoms with Gasteiger partial charge >= 0.3 is 0 Å². The van der Waals surface area contributed by atoms with Crippen molar-refractivity contribution in [1.82, 2.24) is 5.32 Å². The molecule has 0 aromatic heterocycles. The van der Waals surface area contributed by atoms with Gasteiger partial charge in [-0.05, 0) is 30.2 Å². The summed E-state index contributed by atoms with van der Waals surface area (Å²) in [6.45, 7) is 3.68. The zero-order valence-corrected chi connectivity index (χ0v) is 8.88. The summed E-state index contributed by atoms with van der Waals surface area (Å²) >= 11 is 0. The molecule has 1 amide bonds. The molecular formula is C12H14FNO. The maximum absolute atomic E-state index is 12.9. The monoisotopic (exact) mass is 207 g/mol. The normalized spacial score (nSPS) is 10.6. The van der Waals surface area contributed by atoms with Crippen molar-refractivity contribution in [3.05, 3.63) is 41.2 Å². The van der Waals surface area contributed by atoms with Gasteiger partial charge in [-0.15, -0.1) is 0 Å². The van der Waals surface area contributed by atoms with E-state index in [1.807, 2.05) is 12.2 Å². The van der Waals surface area contributed by atoms with Crippen LogP contribution in [0.5, 0.6) is 0 Å². The highest BCUT2D eigenvalue weighted by atomic mass is 19.1. The Morgan fingerprint density at radius 3 is 2.87 bits per heavy atom. The van der Waals surface area contributed by atoms with Gasteiger partial charge in [0.2, 0.25) is 5.91 Å². The number of carbonyl (C=O) groups is 1. The Balaban J connectivity index is 2.57. The van der Waals surface area contributed by atoms with Gasteiger partial charge in [0.15, 0.2) is 0 Å². The Bertz CT molecular complexity index is 385. The molecule has 0 fully saturated rings. The van der Waals surface area contributed by atoms with Crippen LogP contribution in [-0.2, 0) is 4.79 Å². The number of halogens is 1. The SMILES string of the molecule is CC(=O)NCC=Cc1ccc(F)c(C)c1. The van der Waals surface area contributed by atoms with Crippen molar-refractivity contribution in [1.29, 1.82) is 0 Å². The molecule has 0 heterocycles. The molecule has 1 rings (SSSR count). The smallest absolute Gasteiger partial charge is 0.217 e. The second kappa shape index (κ2) is 5.29. The largest absolute Gasteiger partial charge is 0.353 e.